The van der Waals surface area contributed by atoms with Crippen LogP contribution in [0.4, 0.5) is 0 Å². The van der Waals surface area contributed by atoms with Crippen LogP contribution in [-0.4, -0.2) is 54.4 Å². The van der Waals surface area contributed by atoms with Crippen LogP contribution < -0.4 is 30.2 Å². The average molecular weight is 1250 g/mol. The Balaban J connectivity index is 0.000000675. The fourth-order valence-electron chi connectivity index (χ4n) is 10.4. The predicted octanol–water partition coefficient (Wildman–Crippen LogP) is 21.2. The third-order valence-electron chi connectivity index (χ3n) is 16.2. The zero-order chi connectivity index (χ0) is 65.6. The maximum Gasteiger partial charge on any atom is 0.220 e. The van der Waals surface area contributed by atoms with Crippen molar-refractivity contribution in [1.82, 2.24) is 16.0 Å². The molecule has 510 valence electrons. The summed E-state index contributed by atoms with van der Waals surface area (Å²) >= 11 is 0. The number of carbonyl (C=O) groups excluding carboxylic acids is 3. The summed E-state index contributed by atoms with van der Waals surface area (Å²) in [4.78, 5) is 35.9. The number of amides is 3. The van der Waals surface area contributed by atoms with Gasteiger partial charge in [0.2, 0.25) is 17.7 Å². The predicted molar refractivity (Wildman–Crippen MR) is 378 cm³/mol. The summed E-state index contributed by atoms with van der Waals surface area (Å²) in [5, 5.41) is 37.6. The van der Waals surface area contributed by atoms with Crippen molar-refractivity contribution in [1.29, 1.82) is 0 Å². The molecule has 0 aliphatic carbocycles. The van der Waals surface area contributed by atoms with Gasteiger partial charge in [0.1, 0.15) is 0 Å². The number of nitrogens with one attached hydrogen (secondary N) is 3. The van der Waals surface area contributed by atoms with Gasteiger partial charge in [-0.2, -0.15) is 0 Å². The minimum Gasteiger partial charge on any atom is -0.504 e. The van der Waals surface area contributed by atoms with E-state index in [1.54, 1.807) is 54.6 Å². The summed E-state index contributed by atoms with van der Waals surface area (Å²) in [6.45, 7) is 8.16. The zero-order valence-electron chi connectivity index (χ0n) is 57.8. The van der Waals surface area contributed by atoms with Gasteiger partial charge in [-0.3, -0.25) is 14.4 Å². The van der Waals surface area contributed by atoms with Gasteiger partial charge >= 0.3 is 0 Å². The number of phenols is 3. The van der Waals surface area contributed by atoms with E-state index < -0.39 is 0 Å². The van der Waals surface area contributed by atoms with E-state index in [0.29, 0.717) is 56.1 Å². The number of phenolic OH excluding ortho intramolecular Hbond substituents is 3. The van der Waals surface area contributed by atoms with Crippen molar-refractivity contribution in [2.75, 3.05) is 21.3 Å². The number of unbranched alkanes of at least 4 members (excludes halogenated alkanes) is 33. The van der Waals surface area contributed by atoms with E-state index in [1.165, 1.54) is 233 Å². The molecule has 0 aliphatic heterocycles. The molecule has 3 rings (SSSR count). The first-order valence-corrected chi connectivity index (χ1v) is 35.8. The average Bonchev–Trinajstić information content (AvgIpc) is 3.11. The molecule has 0 unspecified atom stereocenters. The van der Waals surface area contributed by atoms with Gasteiger partial charge in [0.25, 0.3) is 0 Å². The van der Waals surface area contributed by atoms with Crippen LogP contribution in [-0.2, 0) is 34.0 Å². The molecule has 0 aliphatic rings. The standard InChI is InChI=1S/3C26H43NO3/c3*1-3-4-5-6-7-8-9-10-11-12-13-14-15-16-17-18-26(29)27-22-23-19-20-24(28)25(21-23)30-2/h3*10-11,19-21,28H,3-9,12-18,22H2,1-2H3,(H,27,29)/b3*11-10-. The summed E-state index contributed by atoms with van der Waals surface area (Å²) < 4.78 is 15.3. The summed E-state index contributed by atoms with van der Waals surface area (Å²) in [5.41, 5.74) is 2.76. The van der Waals surface area contributed by atoms with E-state index in [0.717, 1.165) is 55.2 Å². The molecule has 12 nitrogen and oxygen atoms in total. The fraction of sp³-hybridized carbons (Fsp3) is 0.654. The number of hydrogen-bond donors (Lipinski definition) is 6. The maximum absolute atomic E-state index is 12.0. The van der Waals surface area contributed by atoms with Gasteiger partial charge in [0, 0.05) is 38.9 Å². The van der Waals surface area contributed by atoms with Crippen LogP contribution in [0.25, 0.3) is 0 Å². The lowest BCUT2D eigenvalue weighted by molar-refractivity contribution is -0.122. The molecular formula is C78H129N3O9. The molecule has 0 radical (unpaired) electrons. The molecular weight excluding hydrogens is 1120 g/mol. The smallest absolute Gasteiger partial charge is 0.220 e. The van der Waals surface area contributed by atoms with Gasteiger partial charge in [-0.15, -0.1) is 0 Å². The number of aromatic hydroxyl groups is 3. The van der Waals surface area contributed by atoms with Gasteiger partial charge in [-0.25, -0.2) is 0 Å². The second kappa shape index (κ2) is 60.6. The highest BCUT2D eigenvalue weighted by molar-refractivity contribution is 5.76. The van der Waals surface area contributed by atoms with Gasteiger partial charge in [0.15, 0.2) is 34.5 Å². The molecule has 3 amide bonds. The summed E-state index contributed by atoms with van der Waals surface area (Å²) in [6.07, 6.45) is 65.0. The highest BCUT2D eigenvalue weighted by Crippen LogP contribution is 2.28. The van der Waals surface area contributed by atoms with Crippen LogP contribution >= 0.6 is 0 Å². The molecule has 0 fully saturated rings. The topological polar surface area (TPSA) is 176 Å². The monoisotopic (exact) mass is 1250 g/mol. The van der Waals surface area contributed by atoms with Crippen molar-refractivity contribution in [3.8, 4) is 34.5 Å². The largest absolute Gasteiger partial charge is 0.504 e. The minimum atomic E-state index is 0.0830. The van der Waals surface area contributed by atoms with Crippen molar-refractivity contribution < 1.29 is 43.9 Å². The van der Waals surface area contributed by atoms with Crippen molar-refractivity contribution in [2.45, 2.75) is 310 Å². The van der Waals surface area contributed by atoms with Crippen molar-refractivity contribution in [3.05, 3.63) is 108 Å². The second-order valence-electron chi connectivity index (χ2n) is 24.4. The molecule has 90 heavy (non-hydrogen) atoms. The molecule has 0 heterocycles. The van der Waals surface area contributed by atoms with E-state index in [2.05, 4.69) is 73.2 Å². The van der Waals surface area contributed by atoms with Crippen LogP contribution in [0, 0.1) is 0 Å². The SMILES string of the molecule is CCCCCCCC/C=C\CCCCCCCC(=O)NCc1ccc(O)c(OC)c1.CCCCCCCC/C=C\CCCCCCCC(=O)NCc1ccc(O)c(OC)c1.CCCCCCCC/C=C\CCCCCCCC(=O)NCc1ccc(O)c(OC)c1. The summed E-state index contributed by atoms with van der Waals surface area (Å²) in [6, 6.07) is 15.4. The zero-order valence-corrected chi connectivity index (χ0v) is 57.8. The van der Waals surface area contributed by atoms with E-state index in [-0.39, 0.29) is 35.0 Å². The Morgan fingerprint density at radius 1 is 0.311 bits per heavy atom. The Kier molecular flexibility index (Phi) is 55.3. The van der Waals surface area contributed by atoms with Crippen LogP contribution in [0.3, 0.4) is 0 Å². The molecule has 0 aromatic heterocycles. The molecule has 3 aromatic carbocycles. The molecule has 0 spiro atoms. The molecule has 0 saturated heterocycles. The first-order valence-electron chi connectivity index (χ1n) is 35.8. The number of ether oxygens (including phenoxy) is 3. The van der Waals surface area contributed by atoms with E-state index >= 15 is 0 Å². The Hall–Kier alpha value is -5.91. The van der Waals surface area contributed by atoms with E-state index in [1.807, 2.05) is 0 Å². The maximum atomic E-state index is 12.0. The van der Waals surface area contributed by atoms with Crippen LogP contribution in [0.15, 0.2) is 91.1 Å². The molecule has 6 N–H and O–H groups in total. The minimum absolute atomic E-state index is 0.0830. The van der Waals surface area contributed by atoms with Crippen LogP contribution in [0.5, 0.6) is 34.5 Å². The van der Waals surface area contributed by atoms with Crippen molar-refractivity contribution in [3.63, 3.8) is 0 Å². The first kappa shape index (κ1) is 82.1. The third-order valence-corrected chi connectivity index (χ3v) is 16.2. The Labute approximate surface area is 548 Å². The van der Waals surface area contributed by atoms with Crippen molar-refractivity contribution in [2.24, 2.45) is 0 Å². The lowest BCUT2D eigenvalue weighted by atomic mass is 10.1. The highest BCUT2D eigenvalue weighted by atomic mass is 16.5. The molecule has 0 bridgehead atoms. The molecule has 3 aromatic rings. The Morgan fingerprint density at radius 3 is 0.722 bits per heavy atom. The van der Waals surface area contributed by atoms with E-state index in [4.69, 9.17) is 14.2 Å². The van der Waals surface area contributed by atoms with E-state index in [9.17, 15) is 29.7 Å². The number of allylic oxidation sites excluding steroid dienone is 6. The number of methoxy groups -OCH3 is 3. The Bertz CT molecular complexity index is 2040. The van der Waals surface area contributed by atoms with Gasteiger partial charge < -0.3 is 45.5 Å². The fourth-order valence-corrected chi connectivity index (χ4v) is 10.4. The van der Waals surface area contributed by atoms with Gasteiger partial charge in [0.05, 0.1) is 21.3 Å². The molecule has 12 heteroatoms. The highest BCUT2D eigenvalue weighted by Gasteiger charge is 2.09. The lowest BCUT2D eigenvalue weighted by Gasteiger charge is -2.08. The quantitative estimate of drug-likeness (QED) is 0.0237. The number of carbonyl (C=O) groups is 3. The number of hydrogen-bond acceptors (Lipinski definition) is 9. The second-order valence-corrected chi connectivity index (χ2v) is 24.4. The van der Waals surface area contributed by atoms with Crippen LogP contribution in [0.2, 0.25) is 0 Å². The van der Waals surface area contributed by atoms with Crippen LogP contribution in [0.1, 0.15) is 307 Å². The lowest BCUT2D eigenvalue weighted by Crippen LogP contribution is -2.22. The number of benzene rings is 3. The molecule has 0 saturated carbocycles. The number of rotatable bonds is 54. The summed E-state index contributed by atoms with van der Waals surface area (Å²) in [5.74, 6) is 1.87. The normalized spacial score (nSPS) is 11.1. The van der Waals surface area contributed by atoms with Crippen molar-refractivity contribution >= 4 is 17.7 Å². The molecule has 0 atom stereocenters. The van der Waals surface area contributed by atoms with Gasteiger partial charge in [-0.05, 0) is 149 Å². The summed E-state index contributed by atoms with van der Waals surface area (Å²) in [7, 11) is 4.55. The van der Waals surface area contributed by atoms with Gasteiger partial charge in [-0.1, -0.05) is 230 Å². The first-order chi connectivity index (χ1) is 44.0. The Morgan fingerprint density at radius 2 is 0.511 bits per heavy atom. The third kappa shape index (κ3) is 48.9.